The van der Waals surface area contributed by atoms with Gasteiger partial charge in [0.25, 0.3) is 11.8 Å². The molecule has 1 aromatic carbocycles. The second-order valence-corrected chi connectivity index (χ2v) is 9.23. The molecule has 34 heavy (non-hydrogen) atoms. The number of likely N-dealkylation sites (N-methyl/N-ethyl adjacent to an activating group) is 1. The molecule has 1 atom stereocenters. The average Bonchev–Trinajstić information content (AvgIpc) is 3.22. The third-order valence-electron chi connectivity index (χ3n) is 6.16. The zero-order chi connectivity index (χ0) is 24.9. The molecule has 1 aliphatic heterocycles. The molecule has 2 N–H and O–H groups in total. The highest BCUT2D eigenvalue weighted by Gasteiger charge is 2.46. The van der Waals surface area contributed by atoms with Crippen LogP contribution in [0.2, 0.25) is 0 Å². The van der Waals surface area contributed by atoms with Gasteiger partial charge in [0.05, 0.1) is 13.2 Å². The molecule has 0 spiro atoms. The van der Waals surface area contributed by atoms with E-state index in [2.05, 4.69) is 29.6 Å². The summed E-state index contributed by atoms with van der Waals surface area (Å²) in [7, 11) is 1.61. The summed E-state index contributed by atoms with van der Waals surface area (Å²) in [5.41, 5.74) is 0.442. The molecule has 0 saturated heterocycles. The standard InChI is InChI=1S/C25H35N5O4/c1-6-34-19-9-7-18(8-10-19)12-14-26-22(31)20-15-21-23(32)29(5)25(4,16-30(21)28-20)24(33)27-13-11-17(2)3/h7-10,15,17H,6,11-14,16H2,1-5H3,(H,26,31)(H,27,33)/t25-/m1/s1. The van der Waals surface area contributed by atoms with Crippen molar-refractivity contribution in [1.82, 2.24) is 25.3 Å². The SMILES string of the molecule is CCOc1ccc(CCNC(=O)c2cc3n(n2)C[C@](C)(C(=O)NCCC(C)C)N(C)C3=O)cc1. The summed E-state index contributed by atoms with van der Waals surface area (Å²) in [6.45, 7) is 9.60. The Balaban J connectivity index is 1.62. The van der Waals surface area contributed by atoms with Crippen LogP contribution in [0.1, 0.15) is 60.7 Å². The summed E-state index contributed by atoms with van der Waals surface area (Å²) < 4.78 is 6.90. The van der Waals surface area contributed by atoms with Crippen LogP contribution in [0.4, 0.5) is 0 Å². The summed E-state index contributed by atoms with van der Waals surface area (Å²) in [4.78, 5) is 40.0. The molecule has 1 aromatic heterocycles. The first kappa shape index (κ1) is 25.3. The molecule has 3 rings (SSSR count). The van der Waals surface area contributed by atoms with Gasteiger partial charge in [0.1, 0.15) is 17.0 Å². The highest BCUT2D eigenvalue weighted by Crippen LogP contribution is 2.26. The molecule has 0 saturated carbocycles. The van der Waals surface area contributed by atoms with E-state index in [0.29, 0.717) is 37.7 Å². The summed E-state index contributed by atoms with van der Waals surface area (Å²) in [5, 5.41) is 10.1. The topological polar surface area (TPSA) is 106 Å². The Kier molecular flexibility index (Phi) is 7.96. The first-order chi connectivity index (χ1) is 16.2. The van der Waals surface area contributed by atoms with Crippen LogP contribution in [0, 0.1) is 5.92 Å². The predicted molar refractivity (Wildman–Crippen MR) is 129 cm³/mol. The van der Waals surface area contributed by atoms with Crippen LogP contribution in [-0.2, 0) is 17.8 Å². The number of amides is 3. The van der Waals surface area contributed by atoms with Gasteiger partial charge >= 0.3 is 0 Å². The lowest BCUT2D eigenvalue weighted by molar-refractivity contribution is -0.132. The van der Waals surface area contributed by atoms with Crippen molar-refractivity contribution in [2.75, 3.05) is 26.7 Å². The number of benzene rings is 1. The highest BCUT2D eigenvalue weighted by molar-refractivity contribution is 6.01. The predicted octanol–water partition coefficient (Wildman–Crippen LogP) is 2.26. The van der Waals surface area contributed by atoms with E-state index in [-0.39, 0.29) is 30.0 Å². The highest BCUT2D eigenvalue weighted by atomic mass is 16.5. The quantitative estimate of drug-likeness (QED) is 0.555. The second kappa shape index (κ2) is 10.7. The zero-order valence-corrected chi connectivity index (χ0v) is 20.7. The Hall–Kier alpha value is -3.36. The van der Waals surface area contributed by atoms with E-state index in [1.165, 1.54) is 15.6 Å². The van der Waals surface area contributed by atoms with Gasteiger partial charge in [0.2, 0.25) is 5.91 Å². The number of hydrogen-bond donors (Lipinski definition) is 2. The summed E-state index contributed by atoms with van der Waals surface area (Å²) in [6, 6.07) is 9.23. The van der Waals surface area contributed by atoms with Crippen LogP contribution in [0.25, 0.3) is 0 Å². The van der Waals surface area contributed by atoms with Gasteiger partial charge in [-0.1, -0.05) is 26.0 Å². The number of nitrogens with one attached hydrogen (secondary N) is 2. The Morgan fingerprint density at radius 3 is 2.53 bits per heavy atom. The molecule has 0 radical (unpaired) electrons. The lowest BCUT2D eigenvalue weighted by Gasteiger charge is -2.40. The summed E-state index contributed by atoms with van der Waals surface area (Å²) in [5.74, 6) is 0.354. The molecule has 0 aliphatic carbocycles. The number of carbonyl (C=O) groups excluding carboxylic acids is 3. The van der Waals surface area contributed by atoms with Crippen LogP contribution in [-0.4, -0.2) is 64.7 Å². The number of hydrogen-bond acceptors (Lipinski definition) is 5. The van der Waals surface area contributed by atoms with E-state index in [4.69, 9.17) is 4.74 Å². The average molecular weight is 470 g/mol. The maximum Gasteiger partial charge on any atom is 0.272 e. The third kappa shape index (κ3) is 5.58. The van der Waals surface area contributed by atoms with Crippen molar-refractivity contribution in [3.63, 3.8) is 0 Å². The van der Waals surface area contributed by atoms with Crippen LogP contribution >= 0.6 is 0 Å². The van der Waals surface area contributed by atoms with Crippen molar-refractivity contribution in [1.29, 1.82) is 0 Å². The molecule has 9 nitrogen and oxygen atoms in total. The van der Waals surface area contributed by atoms with E-state index in [1.54, 1.807) is 14.0 Å². The minimum Gasteiger partial charge on any atom is -0.494 e. The molecular formula is C25H35N5O4. The molecule has 3 amide bonds. The van der Waals surface area contributed by atoms with Crippen molar-refractivity contribution >= 4 is 17.7 Å². The monoisotopic (exact) mass is 469 g/mol. The van der Waals surface area contributed by atoms with Gasteiger partial charge in [-0.05, 0) is 50.3 Å². The van der Waals surface area contributed by atoms with Gasteiger partial charge in [0, 0.05) is 26.2 Å². The van der Waals surface area contributed by atoms with E-state index in [0.717, 1.165) is 17.7 Å². The number of carbonyl (C=O) groups is 3. The smallest absolute Gasteiger partial charge is 0.272 e. The van der Waals surface area contributed by atoms with Crippen LogP contribution in [0.3, 0.4) is 0 Å². The molecule has 184 valence electrons. The normalized spacial score (nSPS) is 17.5. The number of nitrogens with zero attached hydrogens (tertiary/aromatic N) is 3. The van der Waals surface area contributed by atoms with Gasteiger partial charge in [-0.15, -0.1) is 0 Å². The molecule has 2 heterocycles. The number of rotatable bonds is 10. The van der Waals surface area contributed by atoms with Gasteiger partial charge in [0.15, 0.2) is 5.69 Å². The fourth-order valence-electron chi connectivity index (χ4n) is 3.83. The Morgan fingerprint density at radius 2 is 1.88 bits per heavy atom. The Morgan fingerprint density at radius 1 is 1.18 bits per heavy atom. The minimum absolute atomic E-state index is 0.160. The first-order valence-corrected chi connectivity index (χ1v) is 11.8. The van der Waals surface area contributed by atoms with Crippen molar-refractivity contribution in [3.8, 4) is 5.75 Å². The van der Waals surface area contributed by atoms with Crippen LogP contribution in [0.5, 0.6) is 5.75 Å². The molecule has 0 unspecified atom stereocenters. The minimum atomic E-state index is -1.09. The fourth-order valence-corrected chi connectivity index (χ4v) is 3.83. The first-order valence-electron chi connectivity index (χ1n) is 11.8. The summed E-state index contributed by atoms with van der Waals surface area (Å²) >= 11 is 0. The summed E-state index contributed by atoms with van der Waals surface area (Å²) in [6.07, 6.45) is 1.51. The van der Waals surface area contributed by atoms with Crippen molar-refractivity contribution < 1.29 is 19.1 Å². The molecule has 2 aromatic rings. The van der Waals surface area contributed by atoms with E-state index >= 15 is 0 Å². The van der Waals surface area contributed by atoms with E-state index < -0.39 is 5.54 Å². The van der Waals surface area contributed by atoms with Gasteiger partial charge < -0.3 is 20.3 Å². The third-order valence-corrected chi connectivity index (χ3v) is 6.16. The molecular weight excluding hydrogens is 434 g/mol. The molecule has 0 bridgehead atoms. The van der Waals surface area contributed by atoms with Crippen LogP contribution < -0.4 is 15.4 Å². The fraction of sp³-hybridized carbons (Fsp3) is 0.520. The largest absolute Gasteiger partial charge is 0.494 e. The van der Waals surface area contributed by atoms with E-state index in [9.17, 15) is 14.4 Å². The van der Waals surface area contributed by atoms with Gasteiger partial charge in [-0.2, -0.15) is 5.10 Å². The Bertz CT molecular complexity index is 1030. The van der Waals surface area contributed by atoms with Crippen LogP contribution in [0.15, 0.2) is 30.3 Å². The number of fused-ring (bicyclic) bond motifs is 1. The second-order valence-electron chi connectivity index (χ2n) is 9.23. The maximum atomic E-state index is 13.0. The molecule has 1 aliphatic rings. The van der Waals surface area contributed by atoms with Gasteiger partial charge in [-0.3, -0.25) is 19.1 Å². The Labute approximate surface area is 200 Å². The van der Waals surface area contributed by atoms with Crippen molar-refractivity contribution in [2.45, 2.75) is 52.6 Å². The number of aromatic nitrogens is 2. The maximum absolute atomic E-state index is 13.0. The van der Waals surface area contributed by atoms with Crippen molar-refractivity contribution in [3.05, 3.63) is 47.3 Å². The number of ether oxygens (including phenoxy) is 1. The molecule has 9 heteroatoms. The molecule has 0 fully saturated rings. The van der Waals surface area contributed by atoms with Crippen molar-refractivity contribution in [2.24, 2.45) is 5.92 Å². The van der Waals surface area contributed by atoms with Gasteiger partial charge in [-0.25, -0.2) is 0 Å². The lowest BCUT2D eigenvalue weighted by atomic mass is 9.95. The van der Waals surface area contributed by atoms with E-state index in [1.807, 2.05) is 31.2 Å². The zero-order valence-electron chi connectivity index (χ0n) is 20.7. The lowest BCUT2D eigenvalue weighted by Crippen LogP contribution is -2.62.